The summed E-state index contributed by atoms with van der Waals surface area (Å²) >= 11 is 11.2. The number of ether oxygens (including phenoxy) is 1. The molecule has 0 unspecified atom stereocenters. The van der Waals surface area contributed by atoms with Crippen molar-refractivity contribution >= 4 is 77.7 Å². The van der Waals surface area contributed by atoms with E-state index in [0.717, 1.165) is 49.8 Å². The second-order valence-corrected chi connectivity index (χ2v) is 22.2. The molecule has 6 rings (SSSR count). The third-order valence-electron chi connectivity index (χ3n) is 10.8. The molecule has 0 fully saturated rings. The fourth-order valence-corrected chi connectivity index (χ4v) is 14.4. The van der Waals surface area contributed by atoms with E-state index in [-0.39, 0.29) is 0 Å². The van der Waals surface area contributed by atoms with Crippen LogP contribution < -0.4 is 4.74 Å². The van der Waals surface area contributed by atoms with Crippen LogP contribution in [-0.2, 0) is 12.8 Å². The molecule has 304 valence electrons. The molecule has 0 bridgehead atoms. The van der Waals surface area contributed by atoms with E-state index in [2.05, 4.69) is 65.8 Å². The van der Waals surface area contributed by atoms with Gasteiger partial charge in [0.05, 0.1) is 11.5 Å². The SMILES string of the molecule is CCCCCCCCOc1cc(C)sc1-c1nc2sc(-c3sc(-c4sc(-c5cc(CCCCCCCC)c(C)s5)cc4CCCCCCCC)cc3C)nc2s1. The van der Waals surface area contributed by atoms with Crippen LogP contribution in [0.25, 0.3) is 48.9 Å². The van der Waals surface area contributed by atoms with Crippen molar-refractivity contribution in [3.63, 3.8) is 0 Å². The van der Waals surface area contributed by atoms with Gasteiger partial charge in [-0.05, 0) is 93.8 Å². The molecule has 6 aromatic heterocycles. The molecule has 56 heavy (non-hydrogen) atoms. The van der Waals surface area contributed by atoms with E-state index in [4.69, 9.17) is 14.7 Å². The first kappa shape index (κ1) is 43.7. The number of fused-ring (bicyclic) bond motifs is 1. The van der Waals surface area contributed by atoms with Crippen LogP contribution >= 0.6 is 68.0 Å². The van der Waals surface area contributed by atoms with Crippen molar-refractivity contribution in [2.75, 3.05) is 6.61 Å². The minimum Gasteiger partial charge on any atom is -0.492 e. The molecule has 6 aromatic rings. The summed E-state index contributed by atoms with van der Waals surface area (Å²) in [4.78, 5) is 23.4. The highest BCUT2D eigenvalue weighted by molar-refractivity contribution is 7.33. The van der Waals surface area contributed by atoms with Crippen molar-refractivity contribution in [2.45, 2.75) is 170 Å². The third-order valence-corrected chi connectivity index (χ3v) is 18.0. The molecule has 3 nitrogen and oxygen atoms in total. The minimum absolute atomic E-state index is 0.775. The second-order valence-electron chi connectivity index (χ2n) is 15.6. The molecule has 0 N–H and O–H groups in total. The molecule has 9 heteroatoms. The summed E-state index contributed by atoms with van der Waals surface area (Å²) in [5, 5.41) is 2.14. The largest absolute Gasteiger partial charge is 0.492 e. The van der Waals surface area contributed by atoms with E-state index in [1.807, 2.05) is 34.0 Å². The molecule has 6 heterocycles. The van der Waals surface area contributed by atoms with E-state index in [1.165, 1.54) is 161 Å². The van der Waals surface area contributed by atoms with Gasteiger partial charge in [-0.1, -0.05) is 140 Å². The van der Waals surface area contributed by atoms with Gasteiger partial charge in [0.1, 0.15) is 20.6 Å². The van der Waals surface area contributed by atoms with Gasteiger partial charge in [0.2, 0.25) is 0 Å². The lowest BCUT2D eigenvalue weighted by Gasteiger charge is -2.06. The Morgan fingerprint density at radius 2 is 0.982 bits per heavy atom. The Balaban J connectivity index is 1.18. The first-order valence-corrected chi connectivity index (χ1v) is 26.6. The molecule has 0 atom stereocenters. The van der Waals surface area contributed by atoms with Crippen LogP contribution in [0.1, 0.15) is 163 Å². The lowest BCUT2D eigenvalue weighted by atomic mass is 10.0. The predicted molar refractivity (Wildman–Crippen MR) is 256 cm³/mol. The predicted octanol–water partition coefficient (Wildman–Crippen LogP) is 18.1. The summed E-state index contributed by atoms with van der Waals surface area (Å²) in [6.45, 7) is 14.4. The smallest absolute Gasteiger partial charge is 0.155 e. The van der Waals surface area contributed by atoms with Crippen LogP contribution in [0.15, 0.2) is 24.3 Å². The average Bonchev–Trinajstić information content (AvgIpc) is 4.04. The van der Waals surface area contributed by atoms with Gasteiger partial charge in [0, 0.05) is 29.3 Å². The molecule has 0 aliphatic heterocycles. The Bertz CT molecular complexity index is 2040. The van der Waals surface area contributed by atoms with Crippen molar-refractivity contribution in [1.82, 2.24) is 9.97 Å². The van der Waals surface area contributed by atoms with Crippen molar-refractivity contribution in [3.8, 4) is 45.0 Å². The number of hydrogen-bond acceptors (Lipinski definition) is 9. The summed E-state index contributed by atoms with van der Waals surface area (Å²) < 4.78 is 6.33. The van der Waals surface area contributed by atoms with Crippen molar-refractivity contribution < 1.29 is 4.74 Å². The number of thiazole rings is 2. The molecular weight excluding hydrogens is 801 g/mol. The fourth-order valence-electron chi connectivity index (χ4n) is 7.48. The number of hydrogen-bond donors (Lipinski definition) is 0. The monoisotopic (exact) mass is 864 g/mol. The molecule has 0 radical (unpaired) electrons. The van der Waals surface area contributed by atoms with Gasteiger partial charge < -0.3 is 4.74 Å². The number of nitrogens with zero attached hydrogens (tertiary/aromatic N) is 2. The third kappa shape index (κ3) is 11.9. The highest BCUT2D eigenvalue weighted by Crippen LogP contribution is 2.49. The van der Waals surface area contributed by atoms with Crippen LogP contribution in [0.3, 0.4) is 0 Å². The lowest BCUT2D eigenvalue weighted by molar-refractivity contribution is 0.306. The van der Waals surface area contributed by atoms with Crippen LogP contribution in [-0.4, -0.2) is 16.6 Å². The van der Waals surface area contributed by atoms with E-state index in [0.29, 0.717) is 0 Å². The number of aromatic nitrogens is 2. The van der Waals surface area contributed by atoms with Crippen LogP contribution in [0.5, 0.6) is 5.75 Å². The first-order chi connectivity index (χ1) is 27.4. The maximum Gasteiger partial charge on any atom is 0.155 e. The number of unbranched alkanes of at least 4 members (excludes halogenated alkanes) is 15. The number of thiophene rings is 4. The van der Waals surface area contributed by atoms with Gasteiger partial charge >= 0.3 is 0 Å². The summed E-state index contributed by atoms with van der Waals surface area (Å²) in [6, 6.07) is 9.68. The molecule has 0 saturated carbocycles. The van der Waals surface area contributed by atoms with Gasteiger partial charge in [0.25, 0.3) is 0 Å². The topological polar surface area (TPSA) is 35.0 Å². The van der Waals surface area contributed by atoms with E-state index < -0.39 is 0 Å². The summed E-state index contributed by atoms with van der Waals surface area (Å²) in [5.41, 5.74) is 4.41. The quantitative estimate of drug-likeness (QED) is 0.0510. The molecule has 0 saturated heterocycles. The van der Waals surface area contributed by atoms with E-state index in [9.17, 15) is 0 Å². The highest BCUT2D eigenvalue weighted by Gasteiger charge is 2.22. The summed E-state index contributed by atoms with van der Waals surface area (Å²) in [6.07, 6.45) is 26.1. The zero-order valence-corrected chi connectivity index (χ0v) is 39.8. The van der Waals surface area contributed by atoms with Crippen molar-refractivity contribution in [3.05, 3.63) is 50.7 Å². The Labute approximate surface area is 362 Å². The van der Waals surface area contributed by atoms with Crippen molar-refractivity contribution in [2.24, 2.45) is 0 Å². The van der Waals surface area contributed by atoms with Crippen LogP contribution in [0.4, 0.5) is 0 Å². The van der Waals surface area contributed by atoms with Gasteiger partial charge in [-0.25, -0.2) is 9.97 Å². The molecular formula is C47H64N2OS6. The standard InChI is InChI=1S/C47H64N2OS6/c1-7-10-13-16-19-22-25-35-30-38(52-34(35)6)39-31-36(26-23-20-17-14-11-8-2)42(53-39)40-28-32(4)41(54-40)44-48-46-47(55-44)49-45(56-46)43-37(29-33(5)51-43)50-27-24-21-18-15-12-9-3/h28-31H,7-27H2,1-6H3. The number of aryl methyl sites for hydroxylation is 5. The van der Waals surface area contributed by atoms with Crippen molar-refractivity contribution in [1.29, 1.82) is 0 Å². The molecule has 0 aliphatic carbocycles. The normalized spacial score (nSPS) is 11.8. The fraction of sp³-hybridized carbons (Fsp3) is 0.574. The molecule has 0 amide bonds. The Morgan fingerprint density at radius 3 is 1.62 bits per heavy atom. The molecule has 0 aromatic carbocycles. The van der Waals surface area contributed by atoms with E-state index >= 15 is 0 Å². The van der Waals surface area contributed by atoms with Gasteiger partial charge in [-0.15, -0.1) is 45.3 Å². The lowest BCUT2D eigenvalue weighted by Crippen LogP contribution is -1.97. The highest BCUT2D eigenvalue weighted by atomic mass is 32.1. The summed E-state index contributed by atoms with van der Waals surface area (Å²) in [7, 11) is 0. The molecule has 0 aliphatic rings. The van der Waals surface area contributed by atoms with E-state index in [1.54, 1.807) is 39.6 Å². The van der Waals surface area contributed by atoms with Crippen LogP contribution in [0.2, 0.25) is 0 Å². The maximum atomic E-state index is 6.33. The zero-order chi connectivity index (χ0) is 39.3. The minimum atomic E-state index is 0.775. The molecule has 0 spiro atoms. The Kier molecular flexibility index (Phi) is 17.5. The average molecular weight is 865 g/mol. The van der Waals surface area contributed by atoms with Gasteiger partial charge in [0.15, 0.2) is 9.66 Å². The first-order valence-electron chi connectivity index (χ1n) is 21.7. The van der Waals surface area contributed by atoms with Gasteiger partial charge in [-0.3, -0.25) is 0 Å². The van der Waals surface area contributed by atoms with Crippen LogP contribution in [0, 0.1) is 20.8 Å². The Hall–Kier alpha value is -1.88. The number of rotatable bonds is 26. The summed E-state index contributed by atoms with van der Waals surface area (Å²) in [5.74, 6) is 0.986. The second kappa shape index (κ2) is 22.5. The Morgan fingerprint density at radius 1 is 0.464 bits per heavy atom. The maximum absolute atomic E-state index is 6.33. The zero-order valence-electron chi connectivity index (χ0n) is 34.9. The van der Waals surface area contributed by atoms with Gasteiger partial charge in [-0.2, -0.15) is 0 Å².